The molecule has 1 amide bonds. The zero-order valence-corrected chi connectivity index (χ0v) is 22.0. The molecular weight excluding hydrogens is 490 g/mol. The number of halogens is 1. The van der Waals surface area contributed by atoms with E-state index in [1.807, 2.05) is 50.2 Å². The summed E-state index contributed by atoms with van der Waals surface area (Å²) in [5.41, 5.74) is 3.52. The summed E-state index contributed by atoms with van der Waals surface area (Å²) in [6, 6.07) is 15.6. The summed E-state index contributed by atoms with van der Waals surface area (Å²) in [7, 11) is 1.57. The average molecular weight is 518 g/mol. The maximum Gasteiger partial charge on any atom is 0.295 e. The Morgan fingerprint density at radius 2 is 1.81 bits per heavy atom. The molecule has 1 unspecified atom stereocenters. The number of hydrogen-bond donors (Lipinski definition) is 0. The molecule has 0 N–H and O–H groups in total. The minimum Gasteiger partial charge on any atom is -0.493 e. The van der Waals surface area contributed by atoms with Gasteiger partial charge in [-0.15, -0.1) is 0 Å². The first-order valence-electron chi connectivity index (χ1n) is 12.3. The van der Waals surface area contributed by atoms with Gasteiger partial charge in [-0.1, -0.05) is 48.7 Å². The first kappa shape index (κ1) is 24.9. The molecule has 5 rings (SSSR count). The van der Waals surface area contributed by atoms with Crippen molar-refractivity contribution in [2.24, 2.45) is 0 Å². The Bertz CT molecular complexity index is 1570. The van der Waals surface area contributed by atoms with Crippen LogP contribution in [0, 0.1) is 13.8 Å². The van der Waals surface area contributed by atoms with Crippen molar-refractivity contribution in [1.29, 1.82) is 0 Å². The molecule has 1 atom stereocenters. The van der Waals surface area contributed by atoms with Gasteiger partial charge < -0.3 is 13.9 Å². The molecule has 2 heterocycles. The van der Waals surface area contributed by atoms with Crippen LogP contribution in [0.15, 0.2) is 63.8 Å². The Morgan fingerprint density at radius 1 is 1.00 bits per heavy atom. The topological polar surface area (TPSA) is 69.0 Å². The molecule has 3 aromatic carbocycles. The van der Waals surface area contributed by atoms with Gasteiger partial charge in [-0.05, 0) is 67.8 Å². The van der Waals surface area contributed by atoms with Gasteiger partial charge in [0.25, 0.3) is 5.91 Å². The molecule has 0 bridgehead atoms. The van der Waals surface area contributed by atoms with E-state index in [0.717, 1.165) is 24.0 Å². The van der Waals surface area contributed by atoms with Crippen molar-refractivity contribution in [2.45, 2.75) is 39.7 Å². The van der Waals surface area contributed by atoms with Crippen molar-refractivity contribution in [3.8, 4) is 11.5 Å². The van der Waals surface area contributed by atoms with Crippen LogP contribution in [0.2, 0.25) is 5.02 Å². The number of amides is 1. The third-order valence-electron chi connectivity index (χ3n) is 6.72. The minimum absolute atomic E-state index is 0.0327. The fourth-order valence-corrected chi connectivity index (χ4v) is 4.87. The number of carbonyl (C=O) groups is 1. The molecule has 1 aliphatic rings. The number of anilines is 1. The third-order valence-corrected chi connectivity index (χ3v) is 7.13. The van der Waals surface area contributed by atoms with Crippen molar-refractivity contribution < 1.29 is 18.7 Å². The Labute approximate surface area is 220 Å². The van der Waals surface area contributed by atoms with Gasteiger partial charge in [-0.25, -0.2) is 0 Å². The number of fused-ring (bicyclic) bond motifs is 2. The van der Waals surface area contributed by atoms with Gasteiger partial charge in [0, 0.05) is 10.7 Å². The highest BCUT2D eigenvalue weighted by Gasteiger charge is 2.44. The Kier molecular flexibility index (Phi) is 6.69. The summed E-state index contributed by atoms with van der Waals surface area (Å²) in [5, 5.41) is 0.962. The van der Waals surface area contributed by atoms with Crippen LogP contribution >= 0.6 is 11.6 Å². The number of nitrogens with zero attached hydrogens (tertiary/aromatic N) is 1. The van der Waals surface area contributed by atoms with Gasteiger partial charge in [-0.3, -0.25) is 14.5 Å². The van der Waals surface area contributed by atoms with E-state index in [4.69, 9.17) is 25.5 Å². The van der Waals surface area contributed by atoms with Crippen molar-refractivity contribution in [3.05, 3.63) is 97.9 Å². The molecule has 1 aliphatic heterocycles. The van der Waals surface area contributed by atoms with Crippen LogP contribution in [0.1, 0.15) is 58.6 Å². The van der Waals surface area contributed by atoms with E-state index in [1.165, 1.54) is 0 Å². The molecule has 6 nitrogen and oxygen atoms in total. The van der Waals surface area contributed by atoms with Crippen molar-refractivity contribution in [3.63, 3.8) is 0 Å². The van der Waals surface area contributed by atoms with E-state index in [2.05, 4.69) is 6.92 Å². The number of rotatable bonds is 7. The number of carbonyl (C=O) groups excluding carboxylic acids is 1. The monoisotopic (exact) mass is 517 g/mol. The van der Waals surface area contributed by atoms with E-state index in [9.17, 15) is 9.59 Å². The summed E-state index contributed by atoms with van der Waals surface area (Å²) < 4.78 is 17.6. The largest absolute Gasteiger partial charge is 0.493 e. The van der Waals surface area contributed by atoms with Crippen LogP contribution in [0.5, 0.6) is 11.5 Å². The lowest BCUT2D eigenvalue weighted by Crippen LogP contribution is -2.29. The summed E-state index contributed by atoms with van der Waals surface area (Å²) in [5.74, 6) is 0.764. The lowest BCUT2D eigenvalue weighted by molar-refractivity contribution is 0.0971. The maximum absolute atomic E-state index is 13.9. The van der Waals surface area contributed by atoms with E-state index in [0.29, 0.717) is 50.9 Å². The second kappa shape index (κ2) is 9.94. The summed E-state index contributed by atoms with van der Waals surface area (Å²) in [6.07, 6.45) is 1.93. The van der Waals surface area contributed by atoms with Crippen LogP contribution < -0.4 is 19.8 Å². The molecule has 37 heavy (non-hydrogen) atoms. The fraction of sp³-hybridized carbons (Fsp3) is 0.267. The second-order valence-electron chi connectivity index (χ2n) is 9.30. The lowest BCUT2D eigenvalue weighted by Gasteiger charge is -2.26. The van der Waals surface area contributed by atoms with Gasteiger partial charge in [0.05, 0.1) is 30.7 Å². The average Bonchev–Trinajstić information content (AvgIpc) is 3.19. The number of ether oxygens (including phenoxy) is 2. The second-order valence-corrected chi connectivity index (χ2v) is 9.70. The predicted molar refractivity (Wildman–Crippen MR) is 145 cm³/mol. The number of benzene rings is 3. The normalized spacial score (nSPS) is 14.8. The fourth-order valence-electron chi connectivity index (χ4n) is 4.70. The molecule has 0 saturated carbocycles. The van der Waals surface area contributed by atoms with E-state index < -0.39 is 11.9 Å². The van der Waals surface area contributed by atoms with Gasteiger partial charge in [0.1, 0.15) is 5.58 Å². The van der Waals surface area contributed by atoms with Crippen molar-refractivity contribution >= 4 is 34.2 Å². The molecule has 0 saturated heterocycles. The summed E-state index contributed by atoms with van der Waals surface area (Å²) in [6.45, 7) is 6.48. The lowest BCUT2D eigenvalue weighted by atomic mass is 9.97. The number of aryl methyl sites for hydroxylation is 2. The summed E-state index contributed by atoms with van der Waals surface area (Å²) >= 11 is 6.45. The molecule has 4 aromatic rings. The Balaban J connectivity index is 1.73. The standard InChI is InChI=1S/C30H28ClNO5/c1-5-6-13-36-24-12-9-19(15-25(24)35-4)27-26-28(33)21-14-17(2)7-11-23(21)37-29(26)30(34)32(27)20-10-8-18(3)22(31)16-20/h7-12,14-16,27H,5-6,13H2,1-4H3. The van der Waals surface area contributed by atoms with Crippen LogP contribution in [-0.2, 0) is 0 Å². The van der Waals surface area contributed by atoms with Gasteiger partial charge in [-0.2, -0.15) is 0 Å². The predicted octanol–water partition coefficient (Wildman–Crippen LogP) is 7.00. The maximum atomic E-state index is 13.9. The SMILES string of the molecule is CCCCOc1ccc(C2c3c(oc4ccc(C)cc4c3=O)C(=O)N2c2ccc(C)c(Cl)c2)cc1OC. The molecule has 7 heteroatoms. The van der Waals surface area contributed by atoms with Gasteiger partial charge in [0.15, 0.2) is 16.9 Å². The van der Waals surface area contributed by atoms with Crippen molar-refractivity contribution in [1.82, 2.24) is 0 Å². The number of unbranched alkanes of at least 4 members (excludes halogenated alkanes) is 1. The van der Waals surface area contributed by atoms with Gasteiger partial charge in [0.2, 0.25) is 5.76 Å². The first-order valence-corrected chi connectivity index (χ1v) is 12.7. The third kappa shape index (κ3) is 4.36. The zero-order chi connectivity index (χ0) is 26.3. The van der Waals surface area contributed by atoms with Crippen LogP contribution in [0.25, 0.3) is 11.0 Å². The minimum atomic E-state index is -0.735. The first-order chi connectivity index (χ1) is 17.8. The molecule has 0 fully saturated rings. The molecule has 1 aromatic heterocycles. The molecular formula is C30H28ClNO5. The van der Waals surface area contributed by atoms with Crippen LogP contribution in [0.4, 0.5) is 5.69 Å². The highest BCUT2D eigenvalue weighted by atomic mass is 35.5. The molecule has 0 aliphatic carbocycles. The van der Waals surface area contributed by atoms with Crippen molar-refractivity contribution in [2.75, 3.05) is 18.6 Å². The van der Waals surface area contributed by atoms with E-state index in [1.54, 1.807) is 30.2 Å². The highest BCUT2D eigenvalue weighted by Crippen LogP contribution is 2.44. The van der Waals surface area contributed by atoms with Crippen LogP contribution in [0.3, 0.4) is 0 Å². The number of methoxy groups -OCH3 is 1. The van der Waals surface area contributed by atoms with Gasteiger partial charge >= 0.3 is 0 Å². The molecule has 190 valence electrons. The highest BCUT2D eigenvalue weighted by molar-refractivity contribution is 6.31. The van der Waals surface area contributed by atoms with E-state index in [-0.39, 0.29) is 11.2 Å². The zero-order valence-electron chi connectivity index (χ0n) is 21.3. The molecule has 0 spiro atoms. The molecule has 0 radical (unpaired) electrons. The Hall–Kier alpha value is -3.77. The Morgan fingerprint density at radius 3 is 2.54 bits per heavy atom. The summed E-state index contributed by atoms with van der Waals surface area (Å²) in [4.78, 5) is 29.3. The van der Waals surface area contributed by atoms with Crippen LogP contribution in [-0.4, -0.2) is 19.6 Å². The van der Waals surface area contributed by atoms with E-state index >= 15 is 0 Å². The smallest absolute Gasteiger partial charge is 0.295 e. The quantitative estimate of drug-likeness (QED) is 0.247. The number of hydrogen-bond acceptors (Lipinski definition) is 5.